The van der Waals surface area contributed by atoms with Crippen LogP contribution in [0.1, 0.15) is 45.4 Å². The van der Waals surface area contributed by atoms with Crippen molar-refractivity contribution in [1.82, 2.24) is 10.6 Å². The van der Waals surface area contributed by atoms with Crippen LogP contribution in [0.3, 0.4) is 0 Å². The summed E-state index contributed by atoms with van der Waals surface area (Å²) >= 11 is 1.92. The van der Waals surface area contributed by atoms with Gasteiger partial charge < -0.3 is 10.6 Å². The van der Waals surface area contributed by atoms with Crippen molar-refractivity contribution in [3.05, 3.63) is 0 Å². The van der Waals surface area contributed by atoms with Gasteiger partial charge >= 0.3 is 0 Å². The number of hydrogen-bond acceptors (Lipinski definition) is 2. The molecule has 2 N–H and O–H groups in total. The number of rotatable bonds is 7. The maximum absolute atomic E-state index is 4.30. The Kier molecular flexibility index (Phi) is 13.3. The Morgan fingerprint density at radius 2 is 2.05 bits per heavy atom. The van der Waals surface area contributed by atoms with Gasteiger partial charge in [0.05, 0.1) is 0 Å². The highest BCUT2D eigenvalue weighted by atomic mass is 127. The van der Waals surface area contributed by atoms with Crippen LogP contribution in [0.25, 0.3) is 0 Å². The molecule has 2 unspecified atom stereocenters. The molecule has 2 atom stereocenters. The van der Waals surface area contributed by atoms with Crippen molar-refractivity contribution < 1.29 is 0 Å². The van der Waals surface area contributed by atoms with Crippen molar-refractivity contribution in [2.24, 2.45) is 16.8 Å². The summed E-state index contributed by atoms with van der Waals surface area (Å²) in [7, 11) is 1.86. The second-order valence-electron chi connectivity index (χ2n) is 5.72. The minimum atomic E-state index is 0. The van der Waals surface area contributed by atoms with Crippen LogP contribution in [0.15, 0.2) is 4.99 Å². The number of hydrogen-bond donors (Lipinski definition) is 2. The molecule has 0 bridgehead atoms. The summed E-state index contributed by atoms with van der Waals surface area (Å²) in [5.41, 5.74) is 0. The number of thioether (sulfide) groups is 1. The van der Waals surface area contributed by atoms with Crippen molar-refractivity contribution in [3.63, 3.8) is 0 Å². The van der Waals surface area contributed by atoms with Gasteiger partial charge in [-0.3, -0.25) is 4.99 Å². The lowest BCUT2D eigenvalue weighted by Gasteiger charge is -2.27. The minimum absolute atomic E-state index is 0. The van der Waals surface area contributed by atoms with E-state index in [1.807, 2.05) is 18.8 Å². The van der Waals surface area contributed by atoms with Gasteiger partial charge in [-0.05, 0) is 49.5 Å². The second kappa shape index (κ2) is 13.0. The Labute approximate surface area is 146 Å². The molecule has 0 aromatic rings. The molecule has 3 nitrogen and oxygen atoms in total. The molecule has 1 rings (SSSR count). The zero-order valence-electron chi connectivity index (χ0n) is 13.3. The van der Waals surface area contributed by atoms with E-state index in [1.165, 1.54) is 44.3 Å². The van der Waals surface area contributed by atoms with E-state index >= 15 is 0 Å². The molecular formula is C15H32IN3S. The van der Waals surface area contributed by atoms with Crippen LogP contribution < -0.4 is 10.6 Å². The minimum Gasteiger partial charge on any atom is -0.356 e. The molecule has 0 heterocycles. The smallest absolute Gasteiger partial charge is 0.190 e. The third-order valence-electron chi connectivity index (χ3n) is 3.89. The van der Waals surface area contributed by atoms with Gasteiger partial charge in [-0.25, -0.2) is 0 Å². The lowest BCUT2D eigenvalue weighted by Crippen LogP contribution is -2.40. The Bertz CT molecular complexity index is 262. The zero-order chi connectivity index (χ0) is 13.9. The molecular weight excluding hydrogens is 381 g/mol. The van der Waals surface area contributed by atoms with E-state index in [0.717, 1.165) is 30.9 Å². The number of nitrogens with one attached hydrogen (secondary N) is 2. The van der Waals surface area contributed by atoms with Gasteiger partial charge in [-0.15, -0.1) is 24.0 Å². The van der Waals surface area contributed by atoms with Gasteiger partial charge in [-0.2, -0.15) is 11.8 Å². The molecule has 0 aromatic heterocycles. The van der Waals surface area contributed by atoms with E-state index in [0.29, 0.717) is 0 Å². The summed E-state index contributed by atoms with van der Waals surface area (Å²) in [4.78, 5) is 4.30. The van der Waals surface area contributed by atoms with E-state index < -0.39 is 0 Å². The summed E-state index contributed by atoms with van der Waals surface area (Å²) in [5.74, 6) is 3.97. The molecule has 1 saturated carbocycles. The summed E-state index contributed by atoms with van der Waals surface area (Å²) < 4.78 is 0. The Balaban J connectivity index is 0.00000361. The topological polar surface area (TPSA) is 36.4 Å². The monoisotopic (exact) mass is 413 g/mol. The van der Waals surface area contributed by atoms with E-state index in [4.69, 9.17) is 0 Å². The largest absolute Gasteiger partial charge is 0.356 e. The Hall–Kier alpha value is 0.350. The lowest BCUT2D eigenvalue weighted by atomic mass is 9.82. The summed E-state index contributed by atoms with van der Waals surface area (Å²) in [6.45, 7) is 4.49. The van der Waals surface area contributed by atoms with E-state index in [9.17, 15) is 0 Å². The molecule has 0 aromatic carbocycles. The number of guanidine groups is 1. The molecule has 1 aliphatic rings. The zero-order valence-corrected chi connectivity index (χ0v) is 16.4. The fraction of sp³-hybridized carbons (Fsp3) is 0.933. The van der Waals surface area contributed by atoms with Gasteiger partial charge in [0.1, 0.15) is 0 Å². The van der Waals surface area contributed by atoms with Gasteiger partial charge in [-0.1, -0.05) is 19.8 Å². The fourth-order valence-electron chi connectivity index (χ4n) is 2.78. The van der Waals surface area contributed by atoms with Gasteiger partial charge in [0.25, 0.3) is 0 Å². The van der Waals surface area contributed by atoms with Crippen LogP contribution in [-0.2, 0) is 0 Å². The van der Waals surface area contributed by atoms with Gasteiger partial charge in [0.15, 0.2) is 5.96 Å². The first-order valence-corrected chi connectivity index (χ1v) is 9.09. The number of nitrogens with zero attached hydrogens (tertiary/aromatic N) is 1. The van der Waals surface area contributed by atoms with Crippen LogP contribution >= 0.6 is 35.7 Å². The van der Waals surface area contributed by atoms with E-state index in [1.54, 1.807) is 0 Å². The maximum atomic E-state index is 4.30. The number of unbranched alkanes of at least 4 members (excludes halogenated alkanes) is 1. The number of halogens is 1. The highest BCUT2D eigenvalue weighted by Gasteiger charge is 2.18. The van der Waals surface area contributed by atoms with Crippen molar-refractivity contribution in [3.8, 4) is 0 Å². The molecule has 5 heteroatoms. The first-order valence-electron chi connectivity index (χ1n) is 7.69. The normalized spacial score (nSPS) is 23.1. The van der Waals surface area contributed by atoms with Crippen molar-refractivity contribution in [1.29, 1.82) is 0 Å². The third kappa shape index (κ3) is 9.32. The highest BCUT2D eigenvalue weighted by molar-refractivity contribution is 14.0. The molecule has 1 fully saturated rings. The third-order valence-corrected chi connectivity index (χ3v) is 4.59. The van der Waals surface area contributed by atoms with Crippen molar-refractivity contribution >= 4 is 41.7 Å². The standard InChI is InChI=1S/C15H31N3S.HI/c1-13-7-6-8-14(11-13)12-18-15(16-2)17-9-4-5-10-19-3;/h13-14H,4-12H2,1-3H3,(H2,16,17,18);1H. The maximum Gasteiger partial charge on any atom is 0.190 e. The summed E-state index contributed by atoms with van der Waals surface area (Å²) in [6, 6.07) is 0. The van der Waals surface area contributed by atoms with Crippen LogP contribution in [0.5, 0.6) is 0 Å². The first kappa shape index (κ1) is 20.3. The molecule has 120 valence electrons. The van der Waals surface area contributed by atoms with Crippen LogP contribution in [0, 0.1) is 11.8 Å². The molecule has 0 spiro atoms. The van der Waals surface area contributed by atoms with Crippen LogP contribution in [0.4, 0.5) is 0 Å². The predicted molar refractivity (Wildman–Crippen MR) is 104 cm³/mol. The van der Waals surface area contributed by atoms with Gasteiger partial charge in [0.2, 0.25) is 0 Å². The Morgan fingerprint density at radius 1 is 1.25 bits per heavy atom. The van der Waals surface area contributed by atoms with Crippen molar-refractivity contribution in [2.45, 2.75) is 45.4 Å². The second-order valence-corrected chi connectivity index (χ2v) is 6.70. The SMILES string of the molecule is CN=C(NCCCCSC)NCC1CCCC(C)C1.I. The summed E-state index contributed by atoms with van der Waals surface area (Å²) in [6.07, 6.45) is 10.2. The van der Waals surface area contributed by atoms with Gasteiger partial charge in [0, 0.05) is 20.1 Å². The molecule has 0 radical (unpaired) electrons. The van der Waals surface area contributed by atoms with E-state index in [2.05, 4.69) is 28.8 Å². The molecule has 0 aliphatic heterocycles. The number of aliphatic imine (C=N–C) groups is 1. The van der Waals surface area contributed by atoms with Crippen LogP contribution in [0.2, 0.25) is 0 Å². The first-order chi connectivity index (χ1) is 9.26. The summed E-state index contributed by atoms with van der Waals surface area (Å²) in [5, 5.41) is 6.89. The lowest BCUT2D eigenvalue weighted by molar-refractivity contribution is 0.282. The van der Waals surface area contributed by atoms with E-state index in [-0.39, 0.29) is 24.0 Å². The molecule has 20 heavy (non-hydrogen) atoms. The quantitative estimate of drug-likeness (QED) is 0.289. The predicted octanol–water partition coefficient (Wildman–Crippen LogP) is 3.74. The molecule has 0 saturated heterocycles. The average Bonchev–Trinajstić information content (AvgIpc) is 2.42. The van der Waals surface area contributed by atoms with Crippen molar-refractivity contribution in [2.75, 3.05) is 32.1 Å². The van der Waals surface area contributed by atoms with Crippen LogP contribution in [-0.4, -0.2) is 38.1 Å². The Morgan fingerprint density at radius 3 is 2.70 bits per heavy atom. The average molecular weight is 413 g/mol. The molecule has 1 aliphatic carbocycles. The fourth-order valence-corrected chi connectivity index (χ4v) is 3.28. The highest BCUT2D eigenvalue weighted by Crippen LogP contribution is 2.27. The molecule has 0 amide bonds.